The van der Waals surface area contributed by atoms with Crippen molar-refractivity contribution < 1.29 is 0 Å². The number of hydrogen-bond acceptors (Lipinski definition) is 6. The van der Waals surface area contributed by atoms with E-state index in [1.807, 2.05) is 0 Å². The normalized spacial score (nSPS) is 11.6. The van der Waals surface area contributed by atoms with Gasteiger partial charge in [-0.05, 0) is 91.6 Å². The highest BCUT2D eigenvalue weighted by Gasteiger charge is 2.29. The topological polar surface area (TPSA) is 58.0 Å². The monoisotopic (exact) mass is 716 g/mol. The molecule has 2 heterocycles. The van der Waals surface area contributed by atoms with Crippen LogP contribution in [0.3, 0.4) is 0 Å². The first-order chi connectivity index (χ1) is 27.8. The van der Waals surface area contributed by atoms with Crippen molar-refractivity contribution in [2.45, 2.75) is 0 Å². The first-order valence-corrected chi connectivity index (χ1v) is 18.7. The van der Waals surface area contributed by atoms with Gasteiger partial charge in [-0.15, -0.1) is 0 Å². The summed E-state index contributed by atoms with van der Waals surface area (Å²) < 4.78 is 0. The smallest absolute Gasteiger partial charge is 0.117 e. The number of aromatic nitrogens is 4. The Morgan fingerprint density at radius 2 is 0.482 bits per heavy atom. The summed E-state index contributed by atoms with van der Waals surface area (Å²) in [5.41, 5.74) is 8.37. The molecule has 262 valence electrons. The Hall–Kier alpha value is -7.70. The average Bonchev–Trinajstić information content (AvgIpc) is 3.27. The minimum Gasteiger partial charge on any atom is -0.306 e. The minimum atomic E-state index is 0.711. The number of fused-ring (bicyclic) bond motifs is 6. The average molecular weight is 717 g/mol. The van der Waals surface area contributed by atoms with Crippen LogP contribution in [0.25, 0.3) is 65.2 Å². The summed E-state index contributed by atoms with van der Waals surface area (Å²) in [6.07, 6.45) is 7.08. The van der Waals surface area contributed by atoms with Crippen molar-refractivity contribution in [1.29, 1.82) is 0 Å². The second-order valence-corrected chi connectivity index (χ2v) is 14.0. The Morgan fingerprint density at radius 3 is 0.732 bits per heavy atom. The minimum absolute atomic E-state index is 0.711. The van der Waals surface area contributed by atoms with Crippen molar-refractivity contribution in [2.75, 3.05) is 9.80 Å². The highest BCUT2D eigenvalue weighted by molar-refractivity contribution is 6.19. The lowest BCUT2D eigenvalue weighted by Crippen LogP contribution is -2.16. The van der Waals surface area contributed by atoms with Crippen molar-refractivity contribution in [1.82, 2.24) is 19.9 Å². The van der Waals surface area contributed by atoms with E-state index in [0.717, 1.165) is 55.7 Å². The van der Waals surface area contributed by atoms with E-state index < -0.39 is 0 Å². The summed E-state index contributed by atoms with van der Waals surface area (Å²) in [5.74, 6) is 0. The van der Waals surface area contributed by atoms with Crippen LogP contribution >= 0.6 is 0 Å². The number of hydrogen-bond donors (Lipinski definition) is 0. The molecule has 6 nitrogen and oxygen atoms in total. The van der Waals surface area contributed by atoms with E-state index in [4.69, 9.17) is 19.9 Å². The van der Waals surface area contributed by atoms with Gasteiger partial charge in [0.05, 0.1) is 0 Å². The maximum atomic E-state index is 5.16. The molecule has 11 rings (SSSR count). The molecule has 0 aliphatic carbocycles. The second kappa shape index (κ2) is 13.0. The Kier molecular flexibility index (Phi) is 7.38. The van der Waals surface area contributed by atoms with Crippen LogP contribution in [0, 0.1) is 0 Å². The molecule has 0 N–H and O–H groups in total. The molecule has 0 spiro atoms. The second-order valence-electron chi connectivity index (χ2n) is 14.0. The zero-order valence-electron chi connectivity index (χ0n) is 30.2. The lowest BCUT2D eigenvalue weighted by atomic mass is 10.0. The molecule has 2 aromatic heterocycles. The van der Waals surface area contributed by atoms with Crippen LogP contribution in [0.4, 0.5) is 34.1 Å². The third kappa shape index (κ3) is 5.27. The molecule has 0 amide bonds. The van der Waals surface area contributed by atoms with Crippen LogP contribution in [0.5, 0.6) is 0 Å². The molecule has 0 bridgehead atoms. The third-order valence-electron chi connectivity index (χ3n) is 10.7. The van der Waals surface area contributed by atoms with Gasteiger partial charge in [-0.2, -0.15) is 0 Å². The van der Waals surface area contributed by atoms with E-state index >= 15 is 0 Å². The van der Waals surface area contributed by atoms with Crippen LogP contribution in [0.2, 0.25) is 0 Å². The maximum absolute atomic E-state index is 5.16. The van der Waals surface area contributed by atoms with Crippen molar-refractivity contribution in [2.24, 2.45) is 0 Å². The molecule has 9 aromatic carbocycles. The summed E-state index contributed by atoms with van der Waals surface area (Å²) in [6.45, 7) is 0. The van der Waals surface area contributed by atoms with E-state index in [0.29, 0.717) is 22.1 Å². The number of anilines is 6. The van der Waals surface area contributed by atoms with Gasteiger partial charge < -0.3 is 9.80 Å². The molecule has 0 atom stereocenters. The van der Waals surface area contributed by atoms with Gasteiger partial charge in [0.1, 0.15) is 33.4 Å². The Morgan fingerprint density at radius 1 is 0.250 bits per heavy atom. The van der Waals surface area contributed by atoms with Crippen LogP contribution in [0.15, 0.2) is 195 Å². The number of rotatable bonds is 6. The van der Waals surface area contributed by atoms with Crippen LogP contribution in [-0.2, 0) is 0 Å². The Bertz CT molecular complexity index is 2870. The van der Waals surface area contributed by atoms with E-state index in [-0.39, 0.29) is 0 Å². The fraction of sp³-hybridized carbons (Fsp3) is 0. The number of nitrogens with zero attached hydrogens (tertiary/aromatic N) is 6. The molecule has 6 heteroatoms. The first-order valence-electron chi connectivity index (χ1n) is 18.7. The SMILES string of the molecule is c1ccc2cc(N(c3ccc4ccccc4c3)c3c4nccnc4c(N(c4ccc5ccccc5c4)c4ccc5ccccc5c4)c4nccnc34)ccc2c1. The summed E-state index contributed by atoms with van der Waals surface area (Å²) in [6, 6.07) is 60.1. The van der Waals surface area contributed by atoms with Crippen molar-refractivity contribution in [3.63, 3.8) is 0 Å². The molecule has 0 aliphatic rings. The predicted octanol–water partition coefficient (Wildman–Crippen LogP) is 13.1. The molecule has 56 heavy (non-hydrogen) atoms. The van der Waals surface area contributed by atoms with Gasteiger partial charge in [-0.3, -0.25) is 19.9 Å². The molecule has 0 saturated heterocycles. The molecular weight excluding hydrogens is 685 g/mol. The molecular formula is C50H32N6. The van der Waals surface area contributed by atoms with Gasteiger partial charge >= 0.3 is 0 Å². The quantitative estimate of drug-likeness (QED) is 0.126. The Labute approximate surface area is 322 Å². The van der Waals surface area contributed by atoms with Gasteiger partial charge in [0, 0.05) is 47.5 Å². The third-order valence-corrected chi connectivity index (χ3v) is 10.7. The van der Waals surface area contributed by atoms with Crippen molar-refractivity contribution in [3.05, 3.63) is 195 Å². The summed E-state index contributed by atoms with van der Waals surface area (Å²) >= 11 is 0. The van der Waals surface area contributed by atoms with Gasteiger partial charge in [0.2, 0.25) is 0 Å². The molecule has 0 saturated carbocycles. The summed E-state index contributed by atoms with van der Waals surface area (Å²) in [7, 11) is 0. The van der Waals surface area contributed by atoms with Gasteiger partial charge in [0.15, 0.2) is 0 Å². The molecule has 0 aliphatic heterocycles. The zero-order valence-corrected chi connectivity index (χ0v) is 30.2. The van der Waals surface area contributed by atoms with Crippen LogP contribution in [0.1, 0.15) is 0 Å². The highest BCUT2D eigenvalue weighted by atomic mass is 15.2. The van der Waals surface area contributed by atoms with Crippen molar-refractivity contribution >= 4 is 99.3 Å². The predicted molar refractivity (Wildman–Crippen MR) is 232 cm³/mol. The molecule has 0 fully saturated rings. The highest BCUT2D eigenvalue weighted by Crippen LogP contribution is 2.49. The van der Waals surface area contributed by atoms with E-state index in [9.17, 15) is 0 Å². The van der Waals surface area contributed by atoms with Crippen molar-refractivity contribution in [3.8, 4) is 0 Å². The summed E-state index contributed by atoms with van der Waals surface area (Å²) in [4.78, 5) is 25.2. The molecule has 11 aromatic rings. The Balaban J connectivity index is 1.25. The molecule has 0 radical (unpaired) electrons. The lowest BCUT2D eigenvalue weighted by Gasteiger charge is -2.31. The van der Waals surface area contributed by atoms with E-state index in [1.54, 1.807) is 24.8 Å². The first kappa shape index (κ1) is 31.8. The van der Waals surface area contributed by atoms with E-state index in [2.05, 4.69) is 180 Å². The molecule has 0 unspecified atom stereocenters. The maximum Gasteiger partial charge on any atom is 0.117 e. The van der Waals surface area contributed by atoms with Gasteiger partial charge in [0.25, 0.3) is 0 Å². The summed E-state index contributed by atoms with van der Waals surface area (Å²) in [5, 5.41) is 9.21. The van der Waals surface area contributed by atoms with Crippen LogP contribution in [-0.4, -0.2) is 19.9 Å². The zero-order chi connectivity index (χ0) is 37.0. The number of benzene rings is 9. The standard InChI is InChI=1S/C50H32N6/c1-5-13-37-29-41(21-17-33(37)9-1)55(42-22-18-34-10-2-6-14-38(34)30-42)49-45-47(53-27-25-51-45)50(48-46(49)52-26-28-54-48)56(43-23-19-35-11-3-7-15-39(35)31-43)44-24-20-36-12-4-8-16-40(36)32-44/h1-32H. The van der Waals surface area contributed by atoms with Gasteiger partial charge in [-0.25, -0.2) is 0 Å². The lowest BCUT2D eigenvalue weighted by molar-refractivity contribution is 1.21. The fourth-order valence-electron chi connectivity index (χ4n) is 8.09. The van der Waals surface area contributed by atoms with Crippen LogP contribution < -0.4 is 9.80 Å². The fourth-order valence-corrected chi connectivity index (χ4v) is 8.09. The van der Waals surface area contributed by atoms with E-state index in [1.165, 1.54) is 21.5 Å². The largest absolute Gasteiger partial charge is 0.306 e. The van der Waals surface area contributed by atoms with Gasteiger partial charge in [-0.1, -0.05) is 121 Å².